The summed E-state index contributed by atoms with van der Waals surface area (Å²) in [7, 11) is 1.58. The highest BCUT2D eigenvalue weighted by molar-refractivity contribution is 6.38. The molecule has 0 fully saturated rings. The molecule has 8 heteroatoms. The van der Waals surface area contributed by atoms with E-state index < -0.39 is 6.10 Å². The van der Waals surface area contributed by atoms with Crippen LogP contribution in [-0.4, -0.2) is 31.3 Å². The molecule has 0 saturated carbocycles. The molecule has 170 valence electrons. The first-order chi connectivity index (χ1) is 14.8. The number of carbonyl (C=O) groups excluding carboxylic acids is 1. The highest BCUT2D eigenvalue weighted by atomic mass is 35.5. The van der Waals surface area contributed by atoms with E-state index in [4.69, 9.17) is 38.4 Å². The highest BCUT2D eigenvalue weighted by Gasteiger charge is 2.13. The number of halogens is 2. The van der Waals surface area contributed by atoms with Gasteiger partial charge in [-0.3, -0.25) is 4.79 Å². The second-order valence-corrected chi connectivity index (χ2v) is 8.14. The van der Waals surface area contributed by atoms with Gasteiger partial charge in [-0.05, 0) is 55.1 Å². The van der Waals surface area contributed by atoms with Crippen molar-refractivity contribution in [1.29, 1.82) is 0 Å². The summed E-state index contributed by atoms with van der Waals surface area (Å²) in [6.07, 6.45) is 4.28. The molecule has 0 bridgehead atoms. The van der Waals surface area contributed by atoms with E-state index in [9.17, 15) is 9.90 Å². The maximum atomic E-state index is 11.2. The lowest BCUT2D eigenvalue weighted by Crippen LogP contribution is -2.22. The van der Waals surface area contributed by atoms with Crippen molar-refractivity contribution in [2.24, 2.45) is 0 Å². The fraction of sp³-hybridized carbons (Fsp3) is 0.435. The summed E-state index contributed by atoms with van der Waals surface area (Å²) < 4.78 is 10.6. The Kier molecular flexibility index (Phi) is 10.4. The van der Waals surface area contributed by atoms with Gasteiger partial charge in [0, 0.05) is 13.5 Å². The smallest absolute Gasteiger partial charge is 0.308 e. The molecule has 2 rings (SSSR count). The molecule has 1 unspecified atom stereocenters. The molecule has 2 aromatic carbocycles. The molecule has 0 aliphatic carbocycles. The van der Waals surface area contributed by atoms with Gasteiger partial charge >= 0.3 is 5.97 Å². The van der Waals surface area contributed by atoms with Crippen LogP contribution in [0.25, 0.3) is 0 Å². The lowest BCUT2D eigenvalue weighted by Gasteiger charge is -2.14. The number of aliphatic hydroxyl groups excluding tert-OH is 1. The van der Waals surface area contributed by atoms with E-state index in [2.05, 4.69) is 5.32 Å². The van der Waals surface area contributed by atoms with E-state index in [-0.39, 0.29) is 5.97 Å². The first-order valence-electron chi connectivity index (χ1n) is 10.3. The first-order valence-corrected chi connectivity index (χ1v) is 11.1. The average molecular weight is 469 g/mol. The van der Waals surface area contributed by atoms with Crippen LogP contribution in [0.1, 0.15) is 49.8 Å². The molecule has 0 aliphatic heterocycles. The lowest BCUT2D eigenvalue weighted by molar-refractivity contribution is -0.132. The number of aryl methyl sites for hydroxylation is 1. The van der Waals surface area contributed by atoms with Crippen molar-refractivity contribution in [1.82, 2.24) is 5.32 Å². The Morgan fingerprint density at radius 3 is 2.48 bits per heavy atom. The topological polar surface area (TPSA) is 93.8 Å². The number of hydrogen-bond acceptors (Lipinski definition) is 6. The van der Waals surface area contributed by atoms with Gasteiger partial charge in [-0.1, -0.05) is 48.2 Å². The molecule has 2 aromatic rings. The van der Waals surface area contributed by atoms with Crippen molar-refractivity contribution in [3.63, 3.8) is 0 Å². The molecule has 1 atom stereocenters. The minimum absolute atomic E-state index is 0.322. The van der Waals surface area contributed by atoms with Crippen LogP contribution in [0.3, 0.4) is 0 Å². The van der Waals surface area contributed by atoms with E-state index in [1.54, 1.807) is 25.3 Å². The summed E-state index contributed by atoms with van der Waals surface area (Å²) >= 11 is 12.0. The lowest BCUT2D eigenvalue weighted by atomic mass is 10.0. The second-order valence-electron chi connectivity index (χ2n) is 7.32. The Labute approximate surface area is 193 Å². The Hall–Kier alpha value is -1.99. The Morgan fingerprint density at radius 1 is 1.16 bits per heavy atom. The molecule has 0 heterocycles. The molecule has 0 saturated heterocycles. The molecule has 6 nitrogen and oxygen atoms in total. The number of unbranched alkanes of at least 4 members (excludes halogenated alkanes) is 3. The van der Waals surface area contributed by atoms with Gasteiger partial charge in [0.15, 0.2) is 11.5 Å². The van der Waals surface area contributed by atoms with E-state index in [0.29, 0.717) is 39.3 Å². The number of benzene rings is 2. The quantitative estimate of drug-likeness (QED) is 0.177. The van der Waals surface area contributed by atoms with Gasteiger partial charge in [0.05, 0.1) is 28.9 Å². The number of methoxy groups -OCH3 is 1. The number of aliphatic hydroxyl groups is 1. The van der Waals surface area contributed by atoms with E-state index >= 15 is 0 Å². The van der Waals surface area contributed by atoms with Crippen LogP contribution in [0.4, 0.5) is 5.69 Å². The Balaban J connectivity index is 1.66. The largest absolute Gasteiger partial charge is 0.493 e. The summed E-state index contributed by atoms with van der Waals surface area (Å²) in [5, 5.41) is 14.2. The van der Waals surface area contributed by atoms with Gasteiger partial charge < -0.3 is 25.6 Å². The van der Waals surface area contributed by atoms with Crippen molar-refractivity contribution in [2.75, 3.05) is 25.9 Å². The number of nitrogens with one attached hydrogen (secondary N) is 1. The molecule has 4 N–H and O–H groups in total. The van der Waals surface area contributed by atoms with Crippen LogP contribution in [0.2, 0.25) is 10.0 Å². The molecular weight excluding hydrogens is 439 g/mol. The third kappa shape index (κ3) is 7.89. The van der Waals surface area contributed by atoms with Crippen molar-refractivity contribution in [2.45, 2.75) is 45.1 Å². The van der Waals surface area contributed by atoms with Crippen LogP contribution in [-0.2, 0) is 11.2 Å². The fourth-order valence-electron chi connectivity index (χ4n) is 3.30. The maximum Gasteiger partial charge on any atom is 0.308 e. The monoisotopic (exact) mass is 468 g/mol. The summed E-state index contributed by atoms with van der Waals surface area (Å²) in [5.74, 6) is 0.714. The van der Waals surface area contributed by atoms with Crippen molar-refractivity contribution >= 4 is 34.9 Å². The van der Waals surface area contributed by atoms with Crippen LogP contribution < -0.4 is 20.5 Å². The number of nitrogens with two attached hydrogens (primary N) is 1. The van der Waals surface area contributed by atoms with Crippen molar-refractivity contribution in [3.05, 3.63) is 51.5 Å². The molecule has 0 radical (unpaired) electrons. The van der Waals surface area contributed by atoms with Gasteiger partial charge in [0.2, 0.25) is 0 Å². The molecule has 0 amide bonds. The second kappa shape index (κ2) is 12.8. The third-order valence-corrected chi connectivity index (χ3v) is 5.52. The van der Waals surface area contributed by atoms with Crippen LogP contribution in [0, 0.1) is 0 Å². The van der Waals surface area contributed by atoms with E-state index in [1.165, 1.54) is 6.92 Å². The predicted octanol–water partition coefficient (Wildman–Crippen LogP) is 4.94. The summed E-state index contributed by atoms with van der Waals surface area (Å²) in [5.41, 5.74) is 7.72. The van der Waals surface area contributed by atoms with E-state index in [1.807, 2.05) is 12.1 Å². The summed E-state index contributed by atoms with van der Waals surface area (Å²) in [6, 6.07) is 8.87. The van der Waals surface area contributed by atoms with Crippen LogP contribution in [0.5, 0.6) is 11.5 Å². The normalized spacial score (nSPS) is 11.9. The molecule has 0 aromatic heterocycles. The van der Waals surface area contributed by atoms with Crippen molar-refractivity contribution in [3.8, 4) is 11.5 Å². The molecule has 31 heavy (non-hydrogen) atoms. The van der Waals surface area contributed by atoms with Crippen molar-refractivity contribution < 1.29 is 19.4 Å². The molecule has 0 spiro atoms. The fourth-order valence-corrected chi connectivity index (χ4v) is 3.80. The number of hydrogen-bond donors (Lipinski definition) is 3. The summed E-state index contributed by atoms with van der Waals surface area (Å²) in [6.45, 7) is 2.59. The number of nitrogen functional groups attached to an aromatic ring is 1. The zero-order chi connectivity index (χ0) is 22.8. The van der Waals surface area contributed by atoms with E-state index in [0.717, 1.165) is 44.2 Å². The zero-order valence-corrected chi connectivity index (χ0v) is 19.4. The SMILES string of the molecule is COc1c(CCCCCCNCC(O)c2cc(Cl)c(N)c(Cl)c2)cccc1OC(C)=O. The first kappa shape index (κ1) is 25.3. The Morgan fingerprint density at radius 2 is 1.84 bits per heavy atom. The molecular formula is C23H30Cl2N2O4. The average Bonchev–Trinajstić information content (AvgIpc) is 2.73. The highest BCUT2D eigenvalue weighted by Crippen LogP contribution is 2.32. The van der Waals surface area contributed by atoms with Gasteiger partial charge in [-0.2, -0.15) is 0 Å². The number of rotatable bonds is 12. The van der Waals surface area contributed by atoms with Gasteiger partial charge in [-0.15, -0.1) is 0 Å². The Bertz CT molecular complexity index is 854. The number of esters is 1. The van der Waals surface area contributed by atoms with Gasteiger partial charge in [0.25, 0.3) is 0 Å². The number of para-hydroxylation sites is 1. The number of anilines is 1. The number of carbonyl (C=O) groups is 1. The van der Waals surface area contributed by atoms with Gasteiger partial charge in [0.1, 0.15) is 0 Å². The zero-order valence-electron chi connectivity index (χ0n) is 17.9. The third-order valence-electron chi connectivity index (χ3n) is 4.89. The minimum atomic E-state index is -0.701. The predicted molar refractivity (Wildman–Crippen MR) is 125 cm³/mol. The molecule has 0 aliphatic rings. The van der Waals surface area contributed by atoms with Crippen LogP contribution in [0.15, 0.2) is 30.3 Å². The number of ether oxygens (including phenoxy) is 2. The summed E-state index contributed by atoms with van der Waals surface area (Å²) in [4.78, 5) is 11.2. The van der Waals surface area contributed by atoms with Gasteiger partial charge in [-0.25, -0.2) is 0 Å². The van der Waals surface area contributed by atoms with Crippen LogP contribution >= 0.6 is 23.2 Å². The maximum absolute atomic E-state index is 11.2. The standard InChI is InChI=1S/C23H30Cl2N2O4/c1-15(28)31-21-10-7-9-16(23(21)30-2)8-5-3-4-6-11-27-14-20(29)17-12-18(24)22(26)19(25)13-17/h7,9-10,12-13,20,27,29H,3-6,8,11,14,26H2,1-2H3. The minimum Gasteiger partial charge on any atom is -0.493 e.